The van der Waals surface area contributed by atoms with Crippen LogP contribution in [-0.4, -0.2) is 20.7 Å². The van der Waals surface area contributed by atoms with Crippen LogP contribution in [0.2, 0.25) is 0 Å². The monoisotopic (exact) mass is 292 g/mol. The first-order valence-corrected chi connectivity index (χ1v) is 6.94. The summed E-state index contributed by atoms with van der Waals surface area (Å²) in [5, 5.41) is 0. The Labute approximate surface area is 127 Å². The number of H-pyrrole nitrogens is 1. The van der Waals surface area contributed by atoms with Gasteiger partial charge in [-0.15, -0.1) is 0 Å². The lowest BCUT2D eigenvalue weighted by atomic mass is 10.1. The molecule has 0 radical (unpaired) electrons. The molecule has 0 bridgehead atoms. The summed E-state index contributed by atoms with van der Waals surface area (Å²) in [7, 11) is 0. The summed E-state index contributed by atoms with van der Waals surface area (Å²) < 4.78 is 0. The van der Waals surface area contributed by atoms with Crippen LogP contribution in [-0.2, 0) is 6.54 Å². The van der Waals surface area contributed by atoms with Gasteiger partial charge in [-0.3, -0.25) is 4.79 Å². The Morgan fingerprint density at radius 1 is 1.41 bits per heavy atom. The van der Waals surface area contributed by atoms with E-state index in [9.17, 15) is 4.79 Å². The molecular formula is C17H16N4O. The van der Waals surface area contributed by atoms with E-state index >= 15 is 0 Å². The van der Waals surface area contributed by atoms with E-state index in [-0.39, 0.29) is 5.78 Å². The Bertz CT molecular complexity index is 879. The molecule has 0 spiro atoms. The van der Waals surface area contributed by atoms with Crippen molar-refractivity contribution in [3.05, 3.63) is 59.9 Å². The molecule has 0 atom stereocenters. The molecule has 1 aromatic carbocycles. The highest BCUT2D eigenvalue weighted by atomic mass is 16.1. The zero-order valence-electron chi connectivity index (χ0n) is 12.3. The minimum atomic E-state index is -0.131. The average molecular weight is 292 g/mol. The average Bonchev–Trinajstić information content (AvgIpc) is 2.97. The smallest absolute Gasteiger partial charge is 0.191 e. The van der Waals surface area contributed by atoms with E-state index < -0.39 is 0 Å². The third-order valence-electron chi connectivity index (χ3n) is 3.47. The molecule has 0 saturated carbocycles. The van der Waals surface area contributed by atoms with Gasteiger partial charge >= 0.3 is 0 Å². The molecule has 3 rings (SSSR count). The number of Topliss-reactive ketones (excluding diaryl/α,β-unsaturated/α-hetero) is 1. The largest absolute Gasteiger partial charge is 0.344 e. The zero-order chi connectivity index (χ0) is 15.7. The first-order chi connectivity index (χ1) is 10.6. The van der Waals surface area contributed by atoms with Crippen LogP contribution < -0.4 is 5.73 Å². The van der Waals surface area contributed by atoms with Crippen LogP contribution >= 0.6 is 0 Å². The van der Waals surface area contributed by atoms with Crippen LogP contribution in [0.25, 0.3) is 22.4 Å². The van der Waals surface area contributed by atoms with Crippen LogP contribution in [0.4, 0.5) is 0 Å². The third kappa shape index (κ3) is 2.42. The highest BCUT2D eigenvalue weighted by molar-refractivity contribution is 6.14. The number of hydrogen-bond donors (Lipinski definition) is 2. The maximum atomic E-state index is 12.2. The van der Waals surface area contributed by atoms with Gasteiger partial charge in [-0.05, 0) is 24.1 Å². The van der Waals surface area contributed by atoms with Crippen molar-refractivity contribution in [2.24, 2.45) is 5.73 Å². The van der Waals surface area contributed by atoms with Crippen LogP contribution in [0.15, 0.2) is 48.8 Å². The minimum Gasteiger partial charge on any atom is -0.344 e. The lowest BCUT2D eigenvalue weighted by Gasteiger charge is -2.04. The molecule has 0 saturated heterocycles. The zero-order valence-corrected chi connectivity index (χ0v) is 12.3. The molecule has 2 heterocycles. The van der Waals surface area contributed by atoms with Crippen LogP contribution in [0.1, 0.15) is 22.8 Å². The number of hydrogen-bond acceptors (Lipinski definition) is 4. The fourth-order valence-corrected chi connectivity index (χ4v) is 2.29. The van der Waals surface area contributed by atoms with Gasteiger partial charge in [0.2, 0.25) is 0 Å². The van der Waals surface area contributed by atoms with Crippen molar-refractivity contribution in [1.82, 2.24) is 15.0 Å². The van der Waals surface area contributed by atoms with Gasteiger partial charge in [0.15, 0.2) is 11.4 Å². The number of ketones is 1. The number of aromatic nitrogens is 3. The van der Waals surface area contributed by atoms with Crippen molar-refractivity contribution in [3.63, 3.8) is 0 Å². The number of rotatable bonds is 4. The number of carbonyl (C=O) groups is 1. The maximum Gasteiger partial charge on any atom is 0.191 e. The molecule has 3 N–H and O–H groups in total. The number of fused-ring (bicyclic) bond motifs is 1. The second-order valence-corrected chi connectivity index (χ2v) is 5.17. The van der Waals surface area contributed by atoms with Gasteiger partial charge in [-0.2, -0.15) is 0 Å². The number of nitrogens with one attached hydrogen (secondary N) is 1. The van der Waals surface area contributed by atoms with E-state index in [1.54, 1.807) is 19.3 Å². The Morgan fingerprint density at radius 2 is 2.23 bits per heavy atom. The van der Waals surface area contributed by atoms with Crippen LogP contribution in [0, 0.1) is 0 Å². The van der Waals surface area contributed by atoms with Crippen LogP contribution in [0.5, 0.6) is 0 Å². The van der Waals surface area contributed by atoms with Crippen LogP contribution in [0.3, 0.4) is 0 Å². The second-order valence-electron chi connectivity index (χ2n) is 5.17. The molecule has 0 aliphatic rings. The third-order valence-corrected chi connectivity index (χ3v) is 3.47. The highest BCUT2D eigenvalue weighted by Crippen LogP contribution is 2.23. The van der Waals surface area contributed by atoms with Crippen molar-refractivity contribution >= 4 is 16.9 Å². The molecule has 0 aliphatic carbocycles. The molecule has 5 nitrogen and oxygen atoms in total. The summed E-state index contributed by atoms with van der Waals surface area (Å²) in [4.78, 5) is 24.1. The van der Waals surface area contributed by atoms with E-state index in [1.165, 1.54) is 0 Å². The van der Waals surface area contributed by atoms with Gasteiger partial charge in [-0.1, -0.05) is 24.8 Å². The molecule has 0 unspecified atom stereocenters. The predicted molar refractivity (Wildman–Crippen MR) is 86.4 cm³/mol. The van der Waals surface area contributed by atoms with Gasteiger partial charge in [0.25, 0.3) is 0 Å². The summed E-state index contributed by atoms with van der Waals surface area (Å²) in [6, 6.07) is 7.81. The number of nitrogens with zero attached hydrogens (tertiary/aromatic N) is 2. The normalized spacial score (nSPS) is 10.8. The minimum absolute atomic E-state index is 0.131. The summed E-state index contributed by atoms with van der Waals surface area (Å²) in [6.07, 6.45) is 3.31. The molecule has 3 aromatic rings. The van der Waals surface area contributed by atoms with Crippen molar-refractivity contribution in [3.8, 4) is 11.3 Å². The molecule has 110 valence electrons. The fraction of sp³-hybridized carbons (Fsp3) is 0.118. The van der Waals surface area contributed by atoms with E-state index in [0.29, 0.717) is 34.5 Å². The van der Waals surface area contributed by atoms with E-state index in [4.69, 9.17) is 5.73 Å². The first kappa shape index (κ1) is 14.2. The van der Waals surface area contributed by atoms with Crippen molar-refractivity contribution in [2.45, 2.75) is 13.5 Å². The quantitative estimate of drug-likeness (QED) is 0.572. The Balaban J connectivity index is 2.14. The van der Waals surface area contributed by atoms with Gasteiger partial charge < -0.3 is 10.7 Å². The topological polar surface area (TPSA) is 84.7 Å². The maximum absolute atomic E-state index is 12.2. The summed E-state index contributed by atoms with van der Waals surface area (Å²) in [5.41, 5.74) is 10.4. The van der Waals surface area contributed by atoms with Gasteiger partial charge in [0.1, 0.15) is 5.52 Å². The number of nitrogens with two attached hydrogens (primary N) is 1. The van der Waals surface area contributed by atoms with Gasteiger partial charge in [-0.25, -0.2) is 9.97 Å². The lowest BCUT2D eigenvalue weighted by Crippen LogP contribution is -2.00. The predicted octanol–water partition coefficient (Wildman–Crippen LogP) is 2.84. The molecule has 22 heavy (non-hydrogen) atoms. The van der Waals surface area contributed by atoms with Gasteiger partial charge in [0, 0.05) is 18.3 Å². The first-order valence-electron chi connectivity index (χ1n) is 6.94. The molecule has 2 aromatic heterocycles. The molecule has 5 heteroatoms. The Hall–Kier alpha value is -2.79. The second kappa shape index (κ2) is 5.54. The molecule has 0 amide bonds. The highest BCUT2D eigenvalue weighted by Gasteiger charge is 2.15. The SMILES string of the molecule is C=C(C)C(=O)c1c[nH]c2ncc(-c3cccc(CN)c3)nc12. The standard InChI is InChI=1S/C17H16N4O/c1-10(2)16(22)13-8-19-17-15(13)21-14(9-20-17)12-5-3-4-11(6-12)7-18/h3-6,8-9H,1,7,18H2,2H3,(H,19,20). The van der Waals surface area contributed by atoms with E-state index in [0.717, 1.165) is 11.1 Å². The molecular weight excluding hydrogens is 276 g/mol. The summed E-state index contributed by atoms with van der Waals surface area (Å²) in [6.45, 7) is 5.84. The van der Waals surface area contributed by atoms with E-state index in [1.807, 2.05) is 24.3 Å². The molecule has 0 fully saturated rings. The Morgan fingerprint density at radius 3 is 2.95 bits per heavy atom. The van der Waals surface area contributed by atoms with Crippen molar-refractivity contribution in [2.75, 3.05) is 0 Å². The number of aromatic amines is 1. The summed E-state index contributed by atoms with van der Waals surface area (Å²) >= 11 is 0. The lowest BCUT2D eigenvalue weighted by molar-refractivity contribution is 0.103. The van der Waals surface area contributed by atoms with Crippen molar-refractivity contribution in [1.29, 1.82) is 0 Å². The Kier molecular flexibility index (Phi) is 3.56. The number of allylic oxidation sites excluding steroid dienone is 1. The van der Waals surface area contributed by atoms with E-state index in [2.05, 4.69) is 21.5 Å². The summed E-state index contributed by atoms with van der Waals surface area (Å²) in [5.74, 6) is -0.131. The van der Waals surface area contributed by atoms with Crippen molar-refractivity contribution < 1.29 is 4.79 Å². The van der Waals surface area contributed by atoms with Gasteiger partial charge in [0.05, 0.1) is 17.5 Å². The number of benzene rings is 1. The molecule has 0 aliphatic heterocycles. The number of carbonyl (C=O) groups excluding carboxylic acids is 1. The fourth-order valence-electron chi connectivity index (χ4n) is 2.29.